The smallest absolute Gasteiger partial charge is 0.313 e. The van der Waals surface area contributed by atoms with Crippen molar-refractivity contribution in [1.82, 2.24) is 5.32 Å². The van der Waals surface area contributed by atoms with Gasteiger partial charge in [0.05, 0.1) is 6.10 Å². The number of carbonyl (C=O) groups excluding carboxylic acids is 1. The highest BCUT2D eigenvalue weighted by molar-refractivity contribution is 9.10. The van der Waals surface area contributed by atoms with Gasteiger partial charge in [-0.05, 0) is 23.2 Å². The molecule has 0 aliphatic heterocycles. The quantitative estimate of drug-likeness (QED) is 0.659. The lowest BCUT2D eigenvalue weighted by Gasteiger charge is -2.12. The number of amides is 1. The zero-order chi connectivity index (χ0) is 10.6. The Morgan fingerprint density at radius 2 is 2.21 bits per heavy atom. The van der Waals surface area contributed by atoms with E-state index in [4.69, 9.17) is 11.6 Å². The average molecular weight is 279 g/mol. The van der Waals surface area contributed by atoms with Gasteiger partial charge in [0.15, 0.2) is 0 Å². The summed E-state index contributed by atoms with van der Waals surface area (Å²) >= 11 is 8.37. The molecule has 3 nitrogen and oxygen atoms in total. The molecule has 0 aromatic heterocycles. The first-order chi connectivity index (χ1) is 6.61. The summed E-state index contributed by atoms with van der Waals surface area (Å²) in [5.74, 6) is 0. The maximum Gasteiger partial charge on any atom is 0.313 e. The number of hydrogen-bond acceptors (Lipinski definition) is 2. The summed E-state index contributed by atoms with van der Waals surface area (Å²) in [6, 6.07) is 7.25. The highest BCUT2D eigenvalue weighted by Crippen LogP contribution is 2.22. The molecule has 76 valence electrons. The van der Waals surface area contributed by atoms with E-state index in [9.17, 15) is 9.90 Å². The summed E-state index contributed by atoms with van der Waals surface area (Å²) in [5.41, 5.74) is 0.720. The maximum absolute atomic E-state index is 10.4. The third-order valence-electron chi connectivity index (χ3n) is 1.70. The Hall–Kier alpha value is -0.580. The number of hydrogen-bond donors (Lipinski definition) is 2. The predicted molar refractivity (Wildman–Crippen MR) is 58.4 cm³/mol. The van der Waals surface area contributed by atoms with Crippen LogP contribution in [0, 0.1) is 0 Å². The second kappa shape index (κ2) is 5.34. The van der Waals surface area contributed by atoms with E-state index in [0.717, 1.165) is 10.0 Å². The Morgan fingerprint density at radius 3 is 2.79 bits per heavy atom. The van der Waals surface area contributed by atoms with Crippen LogP contribution in [0.4, 0.5) is 4.79 Å². The van der Waals surface area contributed by atoms with E-state index in [1.165, 1.54) is 0 Å². The molecule has 0 heterocycles. The van der Waals surface area contributed by atoms with Crippen molar-refractivity contribution in [2.24, 2.45) is 0 Å². The molecule has 0 aliphatic carbocycles. The number of aliphatic hydroxyl groups is 1. The summed E-state index contributed by atoms with van der Waals surface area (Å²) in [5, 5.41) is 11.3. The fourth-order valence-electron chi connectivity index (χ4n) is 1.03. The van der Waals surface area contributed by atoms with Crippen LogP contribution in [-0.2, 0) is 0 Å². The standard InChI is InChI=1S/C9H9BrClNO2/c10-7-4-2-1-3-6(7)8(13)5-12-9(11)14/h1-4,8,13H,5H2,(H,12,14). The Labute approximate surface area is 95.2 Å². The molecule has 0 saturated carbocycles. The molecule has 1 aromatic rings. The van der Waals surface area contributed by atoms with Crippen LogP contribution in [0.1, 0.15) is 11.7 Å². The number of rotatable bonds is 3. The molecule has 1 unspecified atom stereocenters. The molecule has 0 fully saturated rings. The van der Waals surface area contributed by atoms with Gasteiger partial charge in [0, 0.05) is 11.0 Å². The molecule has 1 atom stereocenters. The Kier molecular flexibility index (Phi) is 4.38. The first-order valence-corrected chi connectivity index (χ1v) is 5.14. The lowest BCUT2D eigenvalue weighted by molar-refractivity contribution is 0.175. The van der Waals surface area contributed by atoms with Crippen molar-refractivity contribution < 1.29 is 9.90 Å². The first-order valence-electron chi connectivity index (χ1n) is 3.97. The van der Waals surface area contributed by atoms with Gasteiger partial charge in [0.1, 0.15) is 0 Å². The molecule has 0 radical (unpaired) electrons. The minimum absolute atomic E-state index is 0.102. The topological polar surface area (TPSA) is 49.3 Å². The van der Waals surface area contributed by atoms with Crippen LogP contribution in [-0.4, -0.2) is 17.0 Å². The minimum Gasteiger partial charge on any atom is -0.387 e. The Bertz CT molecular complexity index is 332. The summed E-state index contributed by atoms with van der Waals surface area (Å²) in [4.78, 5) is 10.4. The van der Waals surface area contributed by atoms with Gasteiger partial charge in [-0.2, -0.15) is 0 Å². The monoisotopic (exact) mass is 277 g/mol. The molecule has 5 heteroatoms. The van der Waals surface area contributed by atoms with E-state index in [-0.39, 0.29) is 6.54 Å². The third kappa shape index (κ3) is 3.29. The predicted octanol–water partition coefficient (Wildman–Crippen LogP) is 2.43. The normalized spacial score (nSPS) is 12.2. The van der Waals surface area contributed by atoms with Crippen molar-refractivity contribution in [3.63, 3.8) is 0 Å². The molecule has 0 saturated heterocycles. The van der Waals surface area contributed by atoms with Crippen LogP contribution in [0.3, 0.4) is 0 Å². The zero-order valence-electron chi connectivity index (χ0n) is 7.21. The fourth-order valence-corrected chi connectivity index (χ4v) is 1.66. The van der Waals surface area contributed by atoms with Gasteiger partial charge in [-0.1, -0.05) is 34.1 Å². The van der Waals surface area contributed by atoms with Crippen LogP contribution in [0.5, 0.6) is 0 Å². The Morgan fingerprint density at radius 1 is 1.57 bits per heavy atom. The number of nitrogens with one attached hydrogen (secondary N) is 1. The fraction of sp³-hybridized carbons (Fsp3) is 0.222. The lowest BCUT2D eigenvalue weighted by Crippen LogP contribution is -2.23. The van der Waals surface area contributed by atoms with Crippen molar-refractivity contribution in [2.75, 3.05) is 6.54 Å². The van der Waals surface area contributed by atoms with Crippen LogP contribution in [0.15, 0.2) is 28.7 Å². The third-order valence-corrected chi connectivity index (χ3v) is 2.55. The van der Waals surface area contributed by atoms with Crippen molar-refractivity contribution in [1.29, 1.82) is 0 Å². The number of aliphatic hydroxyl groups excluding tert-OH is 1. The summed E-state index contributed by atoms with van der Waals surface area (Å²) < 4.78 is 0.802. The molecule has 1 amide bonds. The van der Waals surface area contributed by atoms with Gasteiger partial charge in [-0.15, -0.1) is 0 Å². The highest BCUT2D eigenvalue weighted by atomic mass is 79.9. The molecule has 0 spiro atoms. The van der Waals surface area contributed by atoms with Gasteiger partial charge < -0.3 is 10.4 Å². The van der Waals surface area contributed by atoms with Crippen molar-refractivity contribution in [3.8, 4) is 0 Å². The Balaban J connectivity index is 2.65. The second-order valence-electron chi connectivity index (χ2n) is 2.69. The summed E-state index contributed by atoms with van der Waals surface area (Å²) in [7, 11) is 0. The average Bonchev–Trinajstić information content (AvgIpc) is 2.15. The number of halogens is 2. The first kappa shape index (κ1) is 11.5. The largest absolute Gasteiger partial charge is 0.387 e. The van der Waals surface area contributed by atoms with Gasteiger partial charge >= 0.3 is 5.37 Å². The number of benzene rings is 1. The number of carbonyl (C=O) groups is 1. The molecular weight excluding hydrogens is 269 g/mol. The van der Waals surface area contributed by atoms with Crippen LogP contribution < -0.4 is 5.32 Å². The zero-order valence-corrected chi connectivity index (χ0v) is 9.55. The molecule has 0 aliphatic rings. The highest BCUT2D eigenvalue weighted by Gasteiger charge is 2.10. The van der Waals surface area contributed by atoms with Crippen molar-refractivity contribution in [3.05, 3.63) is 34.3 Å². The minimum atomic E-state index is -0.756. The van der Waals surface area contributed by atoms with Crippen molar-refractivity contribution >= 4 is 32.9 Å². The SMILES string of the molecule is O=C(Cl)NCC(O)c1ccccc1Br. The van der Waals surface area contributed by atoms with E-state index in [2.05, 4.69) is 21.2 Å². The van der Waals surface area contributed by atoms with Crippen LogP contribution in [0.25, 0.3) is 0 Å². The maximum atomic E-state index is 10.4. The molecule has 14 heavy (non-hydrogen) atoms. The summed E-state index contributed by atoms with van der Waals surface area (Å²) in [6.45, 7) is 0.102. The van der Waals surface area contributed by atoms with Gasteiger partial charge in [0.25, 0.3) is 0 Å². The molecule has 1 rings (SSSR count). The van der Waals surface area contributed by atoms with Crippen LogP contribution >= 0.6 is 27.5 Å². The summed E-state index contributed by atoms with van der Waals surface area (Å²) in [6.07, 6.45) is -0.756. The lowest BCUT2D eigenvalue weighted by atomic mass is 10.1. The molecular formula is C9H9BrClNO2. The molecule has 0 bridgehead atoms. The van der Waals surface area contributed by atoms with E-state index in [0.29, 0.717) is 0 Å². The molecule has 1 aromatic carbocycles. The van der Waals surface area contributed by atoms with E-state index < -0.39 is 11.5 Å². The van der Waals surface area contributed by atoms with Gasteiger partial charge in [-0.3, -0.25) is 4.79 Å². The van der Waals surface area contributed by atoms with Gasteiger partial charge in [0.2, 0.25) is 0 Å². The van der Waals surface area contributed by atoms with Gasteiger partial charge in [-0.25, -0.2) is 0 Å². The van der Waals surface area contributed by atoms with Crippen LogP contribution in [0.2, 0.25) is 0 Å². The van der Waals surface area contributed by atoms with E-state index in [1.54, 1.807) is 6.07 Å². The van der Waals surface area contributed by atoms with E-state index >= 15 is 0 Å². The van der Waals surface area contributed by atoms with E-state index in [1.807, 2.05) is 18.2 Å². The van der Waals surface area contributed by atoms with Crippen molar-refractivity contribution in [2.45, 2.75) is 6.10 Å². The molecule has 2 N–H and O–H groups in total. The second-order valence-corrected chi connectivity index (χ2v) is 3.89.